The third kappa shape index (κ3) is 4.97. The number of benzene rings is 1. The normalized spacial score (nSPS) is 24.7. The molecule has 5 heterocycles. The molecule has 0 spiro atoms. The molecule has 2 aromatic heterocycles. The van der Waals surface area contributed by atoms with Gasteiger partial charge in [-0.2, -0.15) is 5.10 Å². The number of hydrogen-bond acceptors (Lipinski definition) is 8. The molecule has 0 amide bonds. The van der Waals surface area contributed by atoms with Crippen molar-refractivity contribution >= 4 is 16.7 Å². The number of hydrogen-bond donors (Lipinski definition) is 1. The number of fused-ring (bicyclic) bond motifs is 1. The fourth-order valence-electron chi connectivity index (χ4n) is 6.19. The molecule has 6 rings (SSSR count). The molecular weight excluding hydrogens is 468 g/mol. The summed E-state index contributed by atoms with van der Waals surface area (Å²) in [5.41, 5.74) is 3.85. The summed E-state index contributed by atoms with van der Waals surface area (Å²) in [7, 11) is 0. The maximum atomic E-state index is 10.0. The van der Waals surface area contributed by atoms with Gasteiger partial charge in [0.2, 0.25) is 0 Å². The zero-order chi connectivity index (χ0) is 25.5. The fraction of sp³-hybridized carbons (Fsp3) is 0.607. The highest BCUT2D eigenvalue weighted by molar-refractivity contribution is 5.82. The van der Waals surface area contributed by atoms with Gasteiger partial charge in [0.1, 0.15) is 17.7 Å². The average Bonchev–Trinajstić information content (AvgIpc) is 3.58. The van der Waals surface area contributed by atoms with Crippen LogP contribution in [0.15, 0.2) is 24.4 Å². The molecule has 3 aromatic rings. The number of aryl methyl sites for hydroxylation is 2. The number of likely N-dealkylation sites (tertiary alicyclic amines) is 1. The predicted molar refractivity (Wildman–Crippen MR) is 143 cm³/mol. The number of ether oxygens (including phenoxy) is 2. The van der Waals surface area contributed by atoms with E-state index in [1.54, 1.807) is 6.92 Å². The molecule has 3 atom stereocenters. The van der Waals surface area contributed by atoms with Crippen molar-refractivity contribution in [3.8, 4) is 5.82 Å². The van der Waals surface area contributed by atoms with E-state index in [0.29, 0.717) is 30.9 Å². The zero-order valence-electron chi connectivity index (χ0n) is 22.1. The SMILES string of the molecule is Cc1nc(N2CCOC(C(C)O)C2)cc(-n2ncc3cc(C)c(C4CCN(C5CCOC5)CC4)cc32)n1. The summed E-state index contributed by atoms with van der Waals surface area (Å²) in [6.07, 6.45) is 4.70. The summed E-state index contributed by atoms with van der Waals surface area (Å²) in [4.78, 5) is 14.3. The first kappa shape index (κ1) is 24.7. The summed E-state index contributed by atoms with van der Waals surface area (Å²) in [6.45, 7) is 11.9. The van der Waals surface area contributed by atoms with E-state index in [0.717, 1.165) is 55.4 Å². The van der Waals surface area contributed by atoms with Crippen LogP contribution in [0.5, 0.6) is 0 Å². The van der Waals surface area contributed by atoms with Gasteiger partial charge in [-0.25, -0.2) is 14.6 Å². The summed E-state index contributed by atoms with van der Waals surface area (Å²) < 4.78 is 13.3. The van der Waals surface area contributed by atoms with E-state index in [1.165, 1.54) is 30.4 Å². The molecule has 3 aliphatic rings. The van der Waals surface area contributed by atoms with Crippen LogP contribution in [0.3, 0.4) is 0 Å². The van der Waals surface area contributed by atoms with Crippen LogP contribution >= 0.6 is 0 Å². The molecule has 0 radical (unpaired) electrons. The Morgan fingerprint density at radius 2 is 1.81 bits per heavy atom. The average molecular weight is 507 g/mol. The van der Waals surface area contributed by atoms with Gasteiger partial charge in [-0.3, -0.25) is 4.90 Å². The van der Waals surface area contributed by atoms with Gasteiger partial charge in [0.15, 0.2) is 5.82 Å². The summed E-state index contributed by atoms with van der Waals surface area (Å²) in [5.74, 6) is 2.87. The van der Waals surface area contributed by atoms with Crippen LogP contribution in [0, 0.1) is 13.8 Å². The van der Waals surface area contributed by atoms with Gasteiger partial charge in [-0.05, 0) is 82.3 Å². The molecule has 0 bridgehead atoms. The van der Waals surface area contributed by atoms with Crippen molar-refractivity contribution in [2.75, 3.05) is 50.9 Å². The number of aliphatic hydroxyl groups excluding tert-OH is 1. The molecule has 3 saturated heterocycles. The van der Waals surface area contributed by atoms with Crippen molar-refractivity contribution in [1.29, 1.82) is 0 Å². The molecular formula is C28H38N6O3. The summed E-state index contributed by atoms with van der Waals surface area (Å²) in [5, 5.41) is 15.9. The lowest BCUT2D eigenvalue weighted by Crippen LogP contribution is -2.47. The smallest absolute Gasteiger partial charge is 0.159 e. The number of morpholine rings is 1. The zero-order valence-corrected chi connectivity index (χ0v) is 22.1. The molecule has 1 aromatic carbocycles. The highest BCUT2D eigenvalue weighted by Gasteiger charge is 2.29. The maximum Gasteiger partial charge on any atom is 0.159 e. The lowest BCUT2D eigenvalue weighted by Gasteiger charge is -2.36. The minimum Gasteiger partial charge on any atom is -0.391 e. The van der Waals surface area contributed by atoms with E-state index >= 15 is 0 Å². The Labute approximate surface area is 218 Å². The van der Waals surface area contributed by atoms with Crippen LogP contribution in [0.25, 0.3) is 16.7 Å². The van der Waals surface area contributed by atoms with Crippen LogP contribution in [0.4, 0.5) is 5.82 Å². The van der Waals surface area contributed by atoms with Crippen molar-refractivity contribution < 1.29 is 14.6 Å². The molecule has 198 valence electrons. The number of aromatic nitrogens is 4. The van der Waals surface area contributed by atoms with Gasteiger partial charge in [-0.1, -0.05) is 0 Å². The third-order valence-corrected chi connectivity index (χ3v) is 8.33. The van der Waals surface area contributed by atoms with Crippen molar-refractivity contribution in [3.63, 3.8) is 0 Å². The van der Waals surface area contributed by atoms with Crippen LogP contribution < -0.4 is 4.90 Å². The van der Waals surface area contributed by atoms with Gasteiger partial charge in [0.25, 0.3) is 0 Å². The van der Waals surface area contributed by atoms with Gasteiger partial charge >= 0.3 is 0 Å². The van der Waals surface area contributed by atoms with Crippen molar-refractivity contribution in [3.05, 3.63) is 41.3 Å². The molecule has 1 N–H and O–H groups in total. The molecule has 0 saturated carbocycles. The van der Waals surface area contributed by atoms with E-state index < -0.39 is 6.10 Å². The second kappa shape index (κ2) is 10.3. The molecule has 9 heteroatoms. The second-order valence-corrected chi connectivity index (χ2v) is 10.9. The largest absolute Gasteiger partial charge is 0.391 e. The Bertz CT molecular complexity index is 1250. The van der Waals surface area contributed by atoms with Crippen LogP contribution in [-0.2, 0) is 9.47 Å². The Hall–Kier alpha value is -2.59. The molecule has 37 heavy (non-hydrogen) atoms. The minimum absolute atomic E-state index is 0.226. The Kier molecular flexibility index (Phi) is 6.88. The lowest BCUT2D eigenvalue weighted by molar-refractivity contribution is -0.0366. The molecule has 3 unspecified atom stereocenters. The Morgan fingerprint density at radius 1 is 1.00 bits per heavy atom. The molecule has 0 aliphatic carbocycles. The number of anilines is 1. The van der Waals surface area contributed by atoms with E-state index in [9.17, 15) is 5.11 Å². The van der Waals surface area contributed by atoms with E-state index in [2.05, 4.69) is 28.9 Å². The molecule has 3 aliphatic heterocycles. The minimum atomic E-state index is -0.528. The highest BCUT2D eigenvalue weighted by Crippen LogP contribution is 2.34. The van der Waals surface area contributed by atoms with E-state index in [4.69, 9.17) is 24.5 Å². The number of rotatable bonds is 5. The number of piperidine rings is 1. The van der Waals surface area contributed by atoms with Crippen molar-refractivity contribution in [2.24, 2.45) is 0 Å². The van der Waals surface area contributed by atoms with Gasteiger partial charge in [0.05, 0.1) is 31.0 Å². The van der Waals surface area contributed by atoms with Crippen LogP contribution in [0.2, 0.25) is 0 Å². The molecule has 3 fully saturated rings. The predicted octanol–water partition coefficient (Wildman–Crippen LogP) is 2.99. The Morgan fingerprint density at radius 3 is 2.57 bits per heavy atom. The maximum absolute atomic E-state index is 10.0. The first-order valence-electron chi connectivity index (χ1n) is 13.7. The second-order valence-electron chi connectivity index (χ2n) is 10.9. The first-order valence-corrected chi connectivity index (χ1v) is 13.7. The third-order valence-electron chi connectivity index (χ3n) is 8.33. The highest BCUT2D eigenvalue weighted by atomic mass is 16.5. The summed E-state index contributed by atoms with van der Waals surface area (Å²) in [6, 6.07) is 7.22. The van der Waals surface area contributed by atoms with Crippen LogP contribution in [-0.4, -0.2) is 94.0 Å². The standard InChI is InChI=1S/C28H38N6O3/c1-18-12-22-15-29-34(25(22)13-24(18)21-4-7-32(8-5-21)23-6-10-36-17-23)28-14-27(30-20(3)31-28)33-9-11-37-26(16-33)19(2)35/h12-15,19,21,23,26,35H,4-11,16-17H2,1-3H3. The Balaban J connectivity index is 1.28. The summed E-state index contributed by atoms with van der Waals surface area (Å²) >= 11 is 0. The quantitative estimate of drug-likeness (QED) is 0.565. The van der Waals surface area contributed by atoms with Gasteiger partial charge in [-0.15, -0.1) is 0 Å². The topological polar surface area (TPSA) is 88.8 Å². The van der Waals surface area contributed by atoms with Crippen LogP contribution in [0.1, 0.15) is 49.1 Å². The van der Waals surface area contributed by atoms with Crippen molar-refractivity contribution in [1.82, 2.24) is 24.6 Å². The number of nitrogens with zero attached hydrogens (tertiary/aromatic N) is 6. The van der Waals surface area contributed by atoms with E-state index in [1.807, 2.05) is 23.9 Å². The number of aliphatic hydroxyl groups is 1. The lowest BCUT2D eigenvalue weighted by atomic mass is 9.86. The fourth-order valence-corrected chi connectivity index (χ4v) is 6.19. The van der Waals surface area contributed by atoms with Gasteiger partial charge < -0.3 is 19.5 Å². The van der Waals surface area contributed by atoms with Gasteiger partial charge in [0, 0.05) is 37.2 Å². The molecule has 9 nitrogen and oxygen atoms in total. The van der Waals surface area contributed by atoms with E-state index in [-0.39, 0.29) is 6.10 Å². The monoisotopic (exact) mass is 506 g/mol. The first-order chi connectivity index (χ1) is 18.0. The van der Waals surface area contributed by atoms with Crippen molar-refractivity contribution in [2.45, 2.75) is 64.2 Å².